The molecule has 0 radical (unpaired) electrons. The molecule has 1 N–H and O–H groups in total. The quantitative estimate of drug-likeness (QED) is 0.811. The molecule has 3 nitrogen and oxygen atoms in total. The van der Waals surface area contributed by atoms with Crippen LogP contribution in [0.15, 0.2) is 12.3 Å². The molecule has 0 aromatic carbocycles. The molecule has 3 heteroatoms. The van der Waals surface area contributed by atoms with E-state index in [1.54, 1.807) is 6.07 Å². The molecule has 1 unspecified atom stereocenters. The number of nitrogens with zero attached hydrogens (tertiary/aromatic N) is 1. The molecule has 17 heavy (non-hydrogen) atoms. The van der Waals surface area contributed by atoms with Crippen LogP contribution in [0.5, 0.6) is 0 Å². The number of carboxylic acids is 1. The zero-order valence-electron chi connectivity index (χ0n) is 10.7. The van der Waals surface area contributed by atoms with Crippen LogP contribution in [-0.2, 0) is 12.8 Å². The summed E-state index contributed by atoms with van der Waals surface area (Å²) in [7, 11) is 0. The van der Waals surface area contributed by atoms with E-state index in [9.17, 15) is 4.79 Å². The standard InChI is InChI=1S/C14H19NO2/c1-14(2,3)11-4-5-12-9(7-11)6-10(8-15-12)13(16)17/h6,8,11H,4-5,7H2,1-3H3,(H,16,17). The lowest BCUT2D eigenvalue weighted by molar-refractivity contribution is 0.0696. The Balaban J connectivity index is 2.30. The Kier molecular flexibility index (Phi) is 2.94. The number of carbonyl (C=O) groups is 1. The number of hydrogen-bond acceptors (Lipinski definition) is 2. The van der Waals surface area contributed by atoms with Crippen LogP contribution in [0, 0.1) is 11.3 Å². The van der Waals surface area contributed by atoms with Crippen molar-refractivity contribution in [2.75, 3.05) is 0 Å². The summed E-state index contributed by atoms with van der Waals surface area (Å²) in [6.07, 6.45) is 4.54. The zero-order valence-corrected chi connectivity index (χ0v) is 10.7. The summed E-state index contributed by atoms with van der Waals surface area (Å²) >= 11 is 0. The van der Waals surface area contributed by atoms with E-state index >= 15 is 0 Å². The maximum atomic E-state index is 10.9. The van der Waals surface area contributed by atoms with Gasteiger partial charge in [-0.25, -0.2) is 4.79 Å². The molecular formula is C14H19NO2. The SMILES string of the molecule is CC(C)(C)C1CCc2ncc(C(=O)O)cc2C1. The van der Waals surface area contributed by atoms with E-state index in [2.05, 4.69) is 25.8 Å². The van der Waals surface area contributed by atoms with Gasteiger partial charge in [0, 0.05) is 11.9 Å². The Morgan fingerprint density at radius 2 is 2.18 bits per heavy atom. The molecular weight excluding hydrogens is 214 g/mol. The van der Waals surface area contributed by atoms with Crippen molar-refractivity contribution in [3.63, 3.8) is 0 Å². The summed E-state index contributed by atoms with van der Waals surface area (Å²) in [5, 5.41) is 8.97. The number of aryl methyl sites for hydroxylation is 1. The third-order valence-corrected chi connectivity index (χ3v) is 3.73. The number of rotatable bonds is 1. The monoisotopic (exact) mass is 233 g/mol. The van der Waals surface area contributed by atoms with Gasteiger partial charge in [-0.1, -0.05) is 20.8 Å². The highest BCUT2D eigenvalue weighted by Crippen LogP contribution is 2.36. The van der Waals surface area contributed by atoms with E-state index in [0.29, 0.717) is 11.5 Å². The highest BCUT2D eigenvalue weighted by molar-refractivity contribution is 5.87. The van der Waals surface area contributed by atoms with Crippen molar-refractivity contribution in [2.24, 2.45) is 11.3 Å². The first-order valence-electron chi connectivity index (χ1n) is 6.09. The van der Waals surface area contributed by atoms with Gasteiger partial charge in [0.25, 0.3) is 0 Å². The van der Waals surface area contributed by atoms with E-state index in [-0.39, 0.29) is 5.41 Å². The first kappa shape index (κ1) is 12.1. The lowest BCUT2D eigenvalue weighted by atomic mass is 9.71. The van der Waals surface area contributed by atoms with Crippen LogP contribution < -0.4 is 0 Å². The Hall–Kier alpha value is -1.38. The number of carboxylic acid groups (broad SMARTS) is 1. The predicted octanol–water partition coefficient (Wildman–Crippen LogP) is 2.93. The molecule has 0 aliphatic heterocycles. The van der Waals surface area contributed by atoms with Crippen LogP contribution in [0.4, 0.5) is 0 Å². The Morgan fingerprint density at radius 3 is 2.76 bits per heavy atom. The van der Waals surface area contributed by atoms with Crippen LogP contribution in [-0.4, -0.2) is 16.1 Å². The van der Waals surface area contributed by atoms with Crippen molar-refractivity contribution in [3.8, 4) is 0 Å². The smallest absolute Gasteiger partial charge is 0.337 e. The number of pyridine rings is 1. The van der Waals surface area contributed by atoms with Crippen LogP contribution >= 0.6 is 0 Å². The van der Waals surface area contributed by atoms with Crippen LogP contribution in [0.1, 0.15) is 48.8 Å². The third-order valence-electron chi connectivity index (χ3n) is 3.73. The predicted molar refractivity (Wildman–Crippen MR) is 66.2 cm³/mol. The van der Waals surface area contributed by atoms with Crippen molar-refractivity contribution in [1.82, 2.24) is 4.98 Å². The van der Waals surface area contributed by atoms with Gasteiger partial charge < -0.3 is 5.11 Å². The lowest BCUT2D eigenvalue weighted by Crippen LogP contribution is -2.27. The maximum Gasteiger partial charge on any atom is 0.337 e. The second kappa shape index (κ2) is 4.13. The molecule has 1 aromatic heterocycles. The molecule has 0 saturated carbocycles. The molecule has 0 amide bonds. The van der Waals surface area contributed by atoms with Crippen LogP contribution in [0.2, 0.25) is 0 Å². The highest BCUT2D eigenvalue weighted by atomic mass is 16.4. The van der Waals surface area contributed by atoms with Crippen molar-refractivity contribution in [1.29, 1.82) is 0 Å². The number of hydrogen-bond donors (Lipinski definition) is 1. The number of aromatic nitrogens is 1. The first-order valence-corrected chi connectivity index (χ1v) is 6.09. The summed E-state index contributed by atoms with van der Waals surface area (Å²) in [5.74, 6) is -0.279. The van der Waals surface area contributed by atoms with E-state index in [4.69, 9.17) is 5.11 Å². The lowest BCUT2D eigenvalue weighted by Gasteiger charge is -2.34. The van der Waals surface area contributed by atoms with Gasteiger partial charge in [-0.05, 0) is 42.2 Å². The molecule has 1 atom stereocenters. The Labute approximate surface area is 102 Å². The summed E-state index contributed by atoms with van der Waals surface area (Å²) in [4.78, 5) is 15.2. The molecule has 1 aliphatic carbocycles. The van der Waals surface area contributed by atoms with Crippen molar-refractivity contribution in [3.05, 3.63) is 29.1 Å². The molecule has 1 aliphatic rings. The topological polar surface area (TPSA) is 50.2 Å². The molecule has 1 aromatic rings. The summed E-state index contributed by atoms with van der Waals surface area (Å²) in [6.45, 7) is 6.74. The number of aromatic carboxylic acids is 1. The third kappa shape index (κ3) is 2.48. The van der Waals surface area contributed by atoms with Gasteiger partial charge >= 0.3 is 5.97 Å². The summed E-state index contributed by atoms with van der Waals surface area (Å²) < 4.78 is 0. The average molecular weight is 233 g/mol. The second-order valence-electron chi connectivity index (χ2n) is 5.94. The fraction of sp³-hybridized carbons (Fsp3) is 0.571. The van der Waals surface area contributed by atoms with Gasteiger partial charge in [0.05, 0.1) is 5.56 Å². The van der Waals surface area contributed by atoms with Gasteiger partial charge in [-0.3, -0.25) is 4.98 Å². The van der Waals surface area contributed by atoms with Gasteiger partial charge in [0.15, 0.2) is 0 Å². The fourth-order valence-corrected chi connectivity index (χ4v) is 2.48. The highest BCUT2D eigenvalue weighted by Gasteiger charge is 2.29. The maximum absolute atomic E-state index is 10.9. The molecule has 0 spiro atoms. The molecule has 92 valence electrons. The van der Waals surface area contributed by atoms with Crippen molar-refractivity contribution >= 4 is 5.97 Å². The Bertz CT molecular complexity index is 446. The molecule has 0 fully saturated rings. The van der Waals surface area contributed by atoms with Crippen LogP contribution in [0.25, 0.3) is 0 Å². The van der Waals surface area contributed by atoms with Crippen LogP contribution in [0.3, 0.4) is 0 Å². The van der Waals surface area contributed by atoms with E-state index < -0.39 is 5.97 Å². The van der Waals surface area contributed by atoms with E-state index in [1.165, 1.54) is 6.20 Å². The van der Waals surface area contributed by atoms with Crippen molar-refractivity contribution < 1.29 is 9.90 Å². The zero-order chi connectivity index (χ0) is 12.6. The molecule has 1 heterocycles. The van der Waals surface area contributed by atoms with Gasteiger partial charge in [-0.15, -0.1) is 0 Å². The minimum Gasteiger partial charge on any atom is -0.478 e. The normalized spacial score (nSPS) is 19.8. The number of fused-ring (bicyclic) bond motifs is 1. The second-order valence-corrected chi connectivity index (χ2v) is 5.94. The molecule has 2 rings (SSSR count). The van der Waals surface area contributed by atoms with Gasteiger partial charge in [0.2, 0.25) is 0 Å². The van der Waals surface area contributed by atoms with E-state index in [0.717, 1.165) is 30.5 Å². The largest absolute Gasteiger partial charge is 0.478 e. The Morgan fingerprint density at radius 1 is 1.47 bits per heavy atom. The minimum atomic E-state index is -0.891. The summed E-state index contributed by atoms with van der Waals surface area (Å²) in [6, 6.07) is 1.79. The summed E-state index contributed by atoms with van der Waals surface area (Å²) in [5.41, 5.74) is 2.78. The van der Waals surface area contributed by atoms with Gasteiger partial charge in [-0.2, -0.15) is 0 Å². The average Bonchev–Trinajstić information content (AvgIpc) is 2.26. The molecule has 0 bridgehead atoms. The fourth-order valence-electron chi connectivity index (χ4n) is 2.48. The van der Waals surface area contributed by atoms with E-state index in [1.807, 2.05) is 0 Å². The van der Waals surface area contributed by atoms with Gasteiger partial charge in [0.1, 0.15) is 0 Å². The minimum absolute atomic E-state index is 0.275. The van der Waals surface area contributed by atoms with Crippen molar-refractivity contribution in [2.45, 2.75) is 40.0 Å². The first-order chi connectivity index (χ1) is 7.88. The molecule has 0 saturated heterocycles.